The normalized spacial score (nSPS) is 15.5. The van der Waals surface area contributed by atoms with Crippen molar-refractivity contribution in [3.8, 4) is 0 Å². The summed E-state index contributed by atoms with van der Waals surface area (Å²) in [7, 11) is 0. The van der Waals surface area contributed by atoms with E-state index in [0.29, 0.717) is 19.3 Å². The lowest BCUT2D eigenvalue weighted by Gasteiger charge is -2.29. The van der Waals surface area contributed by atoms with Gasteiger partial charge in [0.05, 0.1) is 0 Å². The minimum absolute atomic E-state index is 0.0269. The molecule has 0 saturated carbocycles. The molecule has 57 heavy (non-hydrogen) atoms. The number of carbonyl (C=O) groups is 7. The fourth-order valence-electron chi connectivity index (χ4n) is 5.46. The van der Waals surface area contributed by atoms with Gasteiger partial charge in [-0.25, -0.2) is 29.5 Å². The molecule has 1 heterocycles. The van der Waals surface area contributed by atoms with Gasteiger partial charge >= 0.3 is 18.2 Å². The highest BCUT2D eigenvalue weighted by Crippen LogP contribution is 2.20. The fraction of sp³-hybridized carbons (Fsp3) is 0.600. The third-order valence-electron chi connectivity index (χ3n) is 8.17. The Labute approximate surface area is 329 Å². The number of aliphatic carboxylic acids is 1. The molecule has 316 valence electrons. The maximum Gasteiger partial charge on any atom is 0.408 e. The lowest BCUT2D eigenvalue weighted by atomic mass is 10.1. The van der Waals surface area contributed by atoms with E-state index >= 15 is 0 Å². The lowest BCUT2D eigenvalue weighted by molar-refractivity contribution is -0.525. The molecule has 0 bridgehead atoms. The van der Waals surface area contributed by atoms with Crippen LogP contribution in [0.4, 0.5) is 9.59 Å². The molecule has 22 nitrogen and oxygen atoms in total. The highest BCUT2D eigenvalue weighted by atomic mass is 16.7. The van der Waals surface area contributed by atoms with E-state index in [1.807, 2.05) is 30.3 Å². The number of amides is 6. The van der Waals surface area contributed by atoms with Gasteiger partial charge in [0.1, 0.15) is 42.9 Å². The van der Waals surface area contributed by atoms with E-state index in [4.69, 9.17) is 15.2 Å². The van der Waals surface area contributed by atoms with Gasteiger partial charge in [0.15, 0.2) is 5.03 Å². The molecule has 1 saturated heterocycles. The number of carboxylic acid groups (broad SMARTS) is 1. The minimum atomic E-state index is -1.29. The third kappa shape index (κ3) is 18.8. The molecule has 22 heteroatoms. The number of nitrogens with zero attached hydrogens (tertiary/aromatic N) is 3. The Morgan fingerprint density at radius 1 is 0.982 bits per heavy atom. The van der Waals surface area contributed by atoms with Crippen LogP contribution in [0.1, 0.15) is 78.2 Å². The number of guanidine groups is 1. The first-order chi connectivity index (χ1) is 26.9. The summed E-state index contributed by atoms with van der Waals surface area (Å²) in [5.41, 5.74) is 7.13. The number of ether oxygens (including phenoxy) is 2. The van der Waals surface area contributed by atoms with Gasteiger partial charge < -0.3 is 51.8 Å². The van der Waals surface area contributed by atoms with E-state index in [1.165, 1.54) is 11.8 Å². The maximum absolute atomic E-state index is 13.8. The van der Waals surface area contributed by atoms with Crippen LogP contribution in [0.3, 0.4) is 0 Å². The molecule has 0 radical (unpaired) electrons. The Morgan fingerprint density at radius 2 is 1.67 bits per heavy atom. The zero-order chi connectivity index (χ0) is 42.5. The summed E-state index contributed by atoms with van der Waals surface area (Å²) in [5.74, 6) is -4.59. The van der Waals surface area contributed by atoms with Crippen molar-refractivity contribution in [1.82, 2.24) is 36.9 Å². The predicted octanol–water partition coefficient (Wildman–Crippen LogP) is 0.0339. The van der Waals surface area contributed by atoms with Crippen molar-refractivity contribution in [2.45, 2.75) is 109 Å². The average molecular weight is 807 g/mol. The Kier molecular flexibility index (Phi) is 19.5. The van der Waals surface area contributed by atoms with Crippen molar-refractivity contribution in [3.63, 3.8) is 0 Å². The molecule has 1 aromatic carbocycles. The first-order valence-corrected chi connectivity index (χ1v) is 18.4. The topological polar surface area (TPSA) is 315 Å². The van der Waals surface area contributed by atoms with Crippen LogP contribution in [0.15, 0.2) is 35.3 Å². The van der Waals surface area contributed by atoms with Crippen molar-refractivity contribution < 1.29 is 53.2 Å². The molecule has 0 spiro atoms. The van der Waals surface area contributed by atoms with Gasteiger partial charge in [-0.05, 0) is 78.2 Å². The monoisotopic (exact) mass is 806 g/mol. The van der Waals surface area contributed by atoms with Crippen LogP contribution in [0, 0.1) is 10.1 Å². The summed E-state index contributed by atoms with van der Waals surface area (Å²) < 4.78 is 10.3. The van der Waals surface area contributed by atoms with Crippen molar-refractivity contribution in [2.24, 2.45) is 10.7 Å². The number of nitrogens with one attached hydrogen (secondary N) is 6. The van der Waals surface area contributed by atoms with Crippen LogP contribution < -0.4 is 37.7 Å². The average Bonchev–Trinajstić information content (AvgIpc) is 3.63. The van der Waals surface area contributed by atoms with Gasteiger partial charge in [-0.1, -0.05) is 35.8 Å². The van der Waals surface area contributed by atoms with E-state index in [9.17, 15) is 48.8 Å². The van der Waals surface area contributed by atoms with E-state index in [-0.39, 0.29) is 51.9 Å². The summed E-state index contributed by atoms with van der Waals surface area (Å²) in [4.78, 5) is 104. The molecule has 1 fully saturated rings. The SMILES string of the molecule is C[C@H](NC(=O)[C@@H]1CCCN1C(=O)[C@H](CCCN=C(N)N[N+](=O)[O-])NC(=O)CNC(=O)OC(C)(C)C)C(=O)N[C@@H](CCCCNC(=O)OCc1ccccc1)C(=O)O. The summed E-state index contributed by atoms with van der Waals surface area (Å²) in [6.45, 7) is 6.13. The number of alkyl carbamates (subject to hydrolysis) is 2. The van der Waals surface area contributed by atoms with Crippen molar-refractivity contribution in [3.05, 3.63) is 46.0 Å². The number of carbonyl (C=O) groups excluding carboxylic acids is 6. The first-order valence-electron chi connectivity index (χ1n) is 18.4. The largest absolute Gasteiger partial charge is 0.480 e. The minimum Gasteiger partial charge on any atom is -0.480 e. The molecule has 9 N–H and O–H groups in total. The van der Waals surface area contributed by atoms with Crippen molar-refractivity contribution in [1.29, 1.82) is 0 Å². The van der Waals surface area contributed by atoms with Crippen LogP contribution in [0.2, 0.25) is 0 Å². The molecule has 1 aliphatic rings. The van der Waals surface area contributed by atoms with Crippen molar-refractivity contribution in [2.75, 3.05) is 26.2 Å². The van der Waals surface area contributed by atoms with Crippen molar-refractivity contribution >= 4 is 47.7 Å². The van der Waals surface area contributed by atoms with E-state index < -0.39 is 89.1 Å². The molecule has 0 aromatic heterocycles. The van der Waals surface area contributed by atoms with E-state index in [2.05, 4.69) is 31.6 Å². The third-order valence-corrected chi connectivity index (χ3v) is 8.17. The molecular weight excluding hydrogens is 752 g/mol. The van der Waals surface area contributed by atoms with Gasteiger partial charge in [-0.15, -0.1) is 0 Å². The van der Waals surface area contributed by atoms with Gasteiger partial charge in [-0.3, -0.25) is 19.2 Å². The van der Waals surface area contributed by atoms with Crippen LogP contribution in [-0.4, -0.2) is 119 Å². The quantitative estimate of drug-likeness (QED) is 0.0267. The van der Waals surface area contributed by atoms with Gasteiger partial charge in [0.25, 0.3) is 5.96 Å². The number of nitro groups is 1. The summed E-state index contributed by atoms with van der Waals surface area (Å²) in [6.07, 6.45) is 0.0338. The number of hydrogen-bond acceptors (Lipinski definition) is 12. The fourth-order valence-corrected chi connectivity index (χ4v) is 5.46. The van der Waals surface area contributed by atoms with Crippen LogP contribution in [0.25, 0.3) is 0 Å². The number of unbranched alkanes of at least 4 members (excludes halogenated alkanes) is 1. The molecule has 0 unspecified atom stereocenters. The highest BCUT2D eigenvalue weighted by molar-refractivity contribution is 5.95. The summed E-state index contributed by atoms with van der Waals surface area (Å²) in [5, 5.41) is 31.8. The molecule has 0 aliphatic carbocycles. The molecule has 6 amide bonds. The van der Waals surface area contributed by atoms with E-state index in [1.54, 1.807) is 26.2 Å². The second-order valence-electron chi connectivity index (χ2n) is 14.1. The predicted molar refractivity (Wildman–Crippen MR) is 202 cm³/mol. The molecular formula is C35H54N10O12. The van der Waals surface area contributed by atoms with Gasteiger partial charge in [0.2, 0.25) is 23.6 Å². The zero-order valence-corrected chi connectivity index (χ0v) is 32.5. The molecule has 2 rings (SSSR count). The Bertz CT molecular complexity index is 1590. The number of benzene rings is 1. The van der Waals surface area contributed by atoms with Gasteiger partial charge in [-0.2, -0.15) is 0 Å². The van der Waals surface area contributed by atoms with E-state index in [0.717, 1.165) is 5.56 Å². The number of aliphatic imine (C=N–C) groups is 1. The number of carboxylic acids is 1. The number of rotatable bonds is 21. The summed E-state index contributed by atoms with van der Waals surface area (Å²) in [6, 6.07) is 4.39. The molecule has 1 aromatic rings. The van der Waals surface area contributed by atoms with Gasteiger partial charge in [0, 0.05) is 19.6 Å². The maximum atomic E-state index is 13.8. The number of nitrogens with two attached hydrogens (primary N) is 1. The second-order valence-corrected chi connectivity index (χ2v) is 14.1. The van der Waals surface area contributed by atoms with Crippen LogP contribution >= 0.6 is 0 Å². The Hall–Kier alpha value is -6.22. The van der Waals surface area contributed by atoms with Crippen LogP contribution in [0.5, 0.6) is 0 Å². The lowest BCUT2D eigenvalue weighted by Crippen LogP contribution is -2.57. The smallest absolute Gasteiger partial charge is 0.408 e. The number of likely N-dealkylation sites (tertiary alicyclic amines) is 1. The standard InChI is InChI=1S/C35H54N10O12/c1-22(28(47)42-25(31(50)51)14-8-9-17-38-33(52)56-21-23-12-6-5-7-13-23)40-29(48)26-16-11-19-44(26)30(49)24(15-10-18-37-32(36)43-45(54)55)41-27(46)20-39-34(53)57-35(2,3)4/h5-7,12-13,22,24-26H,8-11,14-21H2,1-4H3,(H,38,52)(H,39,53)(H,40,48)(H,41,46)(H,42,47)(H,50,51)(H3,36,37,43)/t22-,24-,25-,26-/m0/s1. The Balaban J connectivity index is 1.95. The summed E-state index contributed by atoms with van der Waals surface area (Å²) >= 11 is 0. The second kappa shape index (κ2) is 23.6. The molecule has 1 aliphatic heterocycles. The van der Waals surface area contributed by atoms with Crippen LogP contribution in [-0.2, 0) is 40.1 Å². The Morgan fingerprint density at radius 3 is 2.32 bits per heavy atom. The first kappa shape index (κ1) is 46.9. The zero-order valence-electron chi connectivity index (χ0n) is 32.5. The highest BCUT2D eigenvalue weighted by Gasteiger charge is 2.38. The number of hydrazine groups is 1. The number of hydrogen-bond donors (Lipinski definition) is 8. The molecule has 4 atom stereocenters.